The van der Waals surface area contributed by atoms with E-state index in [9.17, 15) is 0 Å². The number of hydrogen-bond donors (Lipinski definition) is 1. The third-order valence-corrected chi connectivity index (χ3v) is 3.87. The summed E-state index contributed by atoms with van der Waals surface area (Å²) in [6.07, 6.45) is 5.43. The summed E-state index contributed by atoms with van der Waals surface area (Å²) in [5.74, 6) is 1.03. The number of rotatable bonds is 5. The number of nitrogens with zero attached hydrogens (tertiary/aromatic N) is 3. The van der Waals surface area contributed by atoms with E-state index in [0.717, 1.165) is 35.7 Å². The van der Waals surface area contributed by atoms with Gasteiger partial charge < -0.3 is 9.88 Å². The number of aryl methyl sites for hydroxylation is 1. The summed E-state index contributed by atoms with van der Waals surface area (Å²) in [4.78, 5) is 0. The van der Waals surface area contributed by atoms with E-state index in [1.807, 2.05) is 29.9 Å². The molecule has 3 rings (SSSR count). The van der Waals surface area contributed by atoms with Crippen LogP contribution in [-0.2, 0) is 6.54 Å². The Labute approximate surface area is 131 Å². The van der Waals surface area contributed by atoms with Crippen LogP contribution in [0.5, 0.6) is 0 Å². The van der Waals surface area contributed by atoms with Gasteiger partial charge in [-0.25, -0.2) is 4.68 Å². The fourth-order valence-corrected chi connectivity index (χ4v) is 2.80. The predicted molar refractivity (Wildman–Crippen MR) is 91.6 cm³/mol. The lowest BCUT2D eigenvalue weighted by molar-refractivity contribution is 0.683. The summed E-state index contributed by atoms with van der Waals surface area (Å²) in [6.45, 7) is 5.34. The van der Waals surface area contributed by atoms with Crippen LogP contribution >= 0.6 is 0 Å². The van der Waals surface area contributed by atoms with Gasteiger partial charge in [0, 0.05) is 37.1 Å². The molecule has 114 valence electrons. The normalized spacial score (nSPS) is 10.9. The van der Waals surface area contributed by atoms with Crippen LogP contribution in [0.3, 0.4) is 0 Å². The van der Waals surface area contributed by atoms with E-state index in [1.54, 1.807) is 0 Å². The van der Waals surface area contributed by atoms with E-state index in [-0.39, 0.29) is 0 Å². The minimum atomic E-state index is 1.03. The number of para-hydroxylation sites is 1. The lowest BCUT2D eigenvalue weighted by Gasteiger charge is -2.06. The van der Waals surface area contributed by atoms with Gasteiger partial charge in [0.2, 0.25) is 0 Å². The lowest BCUT2D eigenvalue weighted by atomic mass is 10.1. The molecule has 0 bridgehead atoms. The first kappa shape index (κ1) is 14.4. The summed E-state index contributed by atoms with van der Waals surface area (Å²) in [7, 11) is 1.94. The smallest absolute Gasteiger partial charge is 0.133 e. The molecule has 2 heterocycles. The Morgan fingerprint density at radius 1 is 1.14 bits per heavy atom. The van der Waals surface area contributed by atoms with Crippen molar-refractivity contribution in [2.75, 3.05) is 12.4 Å². The van der Waals surface area contributed by atoms with Crippen molar-refractivity contribution in [1.82, 2.24) is 14.3 Å². The van der Waals surface area contributed by atoms with E-state index in [2.05, 4.69) is 54.3 Å². The van der Waals surface area contributed by atoms with Gasteiger partial charge in [-0.3, -0.25) is 0 Å². The maximum Gasteiger partial charge on any atom is 0.133 e. The number of aromatic nitrogens is 3. The first-order valence-electron chi connectivity index (χ1n) is 7.73. The molecule has 0 radical (unpaired) electrons. The number of nitrogens with one attached hydrogen (secondary N) is 1. The van der Waals surface area contributed by atoms with Gasteiger partial charge in [0.15, 0.2) is 0 Å². The van der Waals surface area contributed by atoms with Gasteiger partial charge in [-0.1, -0.05) is 25.1 Å². The maximum absolute atomic E-state index is 4.84. The Morgan fingerprint density at radius 3 is 2.59 bits per heavy atom. The van der Waals surface area contributed by atoms with Gasteiger partial charge in [0.25, 0.3) is 0 Å². The van der Waals surface area contributed by atoms with Gasteiger partial charge in [-0.05, 0) is 31.5 Å². The zero-order valence-corrected chi connectivity index (χ0v) is 13.4. The molecule has 0 fully saturated rings. The van der Waals surface area contributed by atoms with Crippen molar-refractivity contribution >= 4 is 5.82 Å². The fraction of sp³-hybridized carbons (Fsp3) is 0.278. The van der Waals surface area contributed by atoms with E-state index in [0.29, 0.717) is 0 Å². The van der Waals surface area contributed by atoms with E-state index in [1.165, 1.54) is 5.56 Å². The second-order valence-corrected chi connectivity index (χ2v) is 5.46. The topological polar surface area (TPSA) is 34.8 Å². The average molecular weight is 294 g/mol. The average Bonchev–Trinajstić information content (AvgIpc) is 3.13. The summed E-state index contributed by atoms with van der Waals surface area (Å²) in [5.41, 5.74) is 4.43. The highest BCUT2D eigenvalue weighted by Gasteiger charge is 2.16. The molecule has 0 unspecified atom stereocenters. The molecule has 4 nitrogen and oxygen atoms in total. The molecule has 4 heteroatoms. The largest absolute Gasteiger partial charge is 0.373 e. The Morgan fingerprint density at radius 2 is 1.91 bits per heavy atom. The Kier molecular flexibility index (Phi) is 4.00. The molecule has 0 saturated carbocycles. The van der Waals surface area contributed by atoms with Gasteiger partial charge in [0.05, 0.1) is 11.4 Å². The van der Waals surface area contributed by atoms with Crippen LogP contribution in [0.25, 0.3) is 16.9 Å². The van der Waals surface area contributed by atoms with Crippen molar-refractivity contribution in [1.29, 1.82) is 0 Å². The van der Waals surface area contributed by atoms with Crippen molar-refractivity contribution in [3.8, 4) is 16.9 Å². The highest BCUT2D eigenvalue weighted by Crippen LogP contribution is 2.30. The van der Waals surface area contributed by atoms with Gasteiger partial charge in [0.1, 0.15) is 5.82 Å². The van der Waals surface area contributed by atoms with E-state index >= 15 is 0 Å². The van der Waals surface area contributed by atoms with Crippen molar-refractivity contribution < 1.29 is 0 Å². The monoisotopic (exact) mass is 294 g/mol. The predicted octanol–water partition coefficient (Wildman–Crippen LogP) is 4.10. The van der Waals surface area contributed by atoms with Crippen LogP contribution in [0.2, 0.25) is 0 Å². The third-order valence-electron chi connectivity index (χ3n) is 3.87. The molecule has 0 aliphatic carbocycles. The highest BCUT2D eigenvalue weighted by atomic mass is 15.3. The zero-order valence-electron chi connectivity index (χ0n) is 13.4. The molecular formula is C18H22N4. The minimum absolute atomic E-state index is 1.03. The molecule has 1 aromatic carbocycles. The molecule has 0 spiro atoms. The van der Waals surface area contributed by atoms with Crippen LogP contribution in [0.4, 0.5) is 5.82 Å². The summed E-state index contributed by atoms with van der Waals surface area (Å²) in [6, 6.07) is 12.4. The van der Waals surface area contributed by atoms with Crippen LogP contribution in [0.15, 0.2) is 48.8 Å². The van der Waals surface area contributed by atoms with Crippen LogP contribution in [0, 0.1) is 6.92 Å². The number of benzene rings is 1. The quantitative estimate of drug-likeness (QED) is 0.769. The van der Waals surface area contributed by atoms with Crippen molar-refractivity contribution in [2.45, 2.75) is 26.8 Å². The second-order valence-electron chi connectivity index (χ2n) is 5.46. The third kappa shape index (κ3) is 2.52. The Bertz CT molecular complexity index is 753. The van der Waals surface area contributed by atoms with Crippen LogP contribution < -0.4 is 5.32 Å². The van der Waals surface area contributed by atoms with Crippen molar-refractivity contribution in [3.63, 3.8) is 0 Å². The first-order valence-corrected chi connectivity index (χ1v) is 7.73. The van der Waals surface area contributed by atoms with E-state index < -0.39 is 0 Å². The number of anilines is 1. The molecule has 0 aliphatic heterocycles. The van der Waals surface area contributed by atoms with Crippen molar-refractivity contribution in [2.24, 2.45) is 0 Å². The molecule has 1 N–H and O–H groups in total. The number of hydrogen-bond acceptors (Lipinski definition) is 2. The molecule has 2 aromatic heterocycles. The lowest BCUT2D eigenvalue weighted by Crippen LogP contribution is -2.02. The highest BCUT2D eigenvalue weighted by molar-refractivity contribution is 5.70. The molecule has 3 aromatic rings. The van der Waals surface area contributed by atoms with E-state index in [4.69, 9.17) is 5.10 Å². The molecular weight excluding hydrogens is 272 g/mol. The standard InChI is InChI=1S/C18H22N4/c1-4-11-21-12-10-15(13-21)17-14(2)18(19-3)22(20-17)16-8-6-5-7-9-16/h5-10,12-13,19H,4,11H2,1-3H3. The maximum atomic E-state index is 4.84. The first-order chi connectivity index (χ1) is 10.7. The zero-order chi connectivity index (χ0) is 15.5. The fourth-order valence-electron chi connectivity index (χ4n) is 2.80. The summed E-state index contributed by atoms with van der Waals surface area (Å²) >= 11 is 0. The van der Waals surface area contributed by atoms with Crippen molar-refractivity contribution in [3.05, 3.63) is 54.4 Å². The van der Waals surface area contributed by atoms with Crippen LogP contribution in [0.1, 0.15) is 18.9 Å². The molecule has 22 heavy (non-hydrogen) atoms. The summed E-state index contributed by atoms with van der Waals surface area (Å²) < 4.78 is 4.19. The minimum Gasteiger partial charge on any atom is -0.373 e. The van der Waals surface area contributed by atoms with Gasteiger partial charge in [-0.2, -0.15) is 5.10 Å². The van der Waals surface area contributed by atoms with Gasteiger partial charge >= 0.3 is 0 Å². The molecule has 0 saturated heterocycles. The SMILES string of the molecule is CCCn1ccc(-c2nn(-c3ccccc3)c(NC)c2C)c1. The van der Waals surface area contributed by atoms with Gasteiger partial charge in [-0.15, -0.1) is 0 Å². The Hall–Kier alpha value is -2.49. The summed E-state index contributed by atoms with van der Waals surface area (Å²) in [5, 5.41) is 8.11. The second kappa shape index (κ2) is 6.10. The Balaban J connectivity index is 2.07. The molecule has 0 atom stereocenters. The van der Waals surface area contributed by atoms with Crippen LogP contribution in [-0.4, -0.2) is 21.4 Å². The molecule has 0 amide bonds. The molecule has 0 aliphatic rings.